The first-order chi connectivity index (χ1) is 8.08. The van der Waals surface area contributed by atoms with E-state index in [1.807, 2.05) is 0 Å². The Labute approximate surface area is 102 Å². The summed E-state index contributed by atoms with van der Waals surface area (Å²) < 4.78 is 0. The molecular formula is C10H13N3O3S. The number of carbonyl (C=O) groups is 2. The molecule has 0 spiro atoms. The number of aryl methyl sites for hydroxylation is 1. The molecule has 1 aromatic heterocycles. The minimum absolute atomic E-state index is 0.00604. The van der Waals surface area contributed by atoms with Crippen LogP contribution in [0.15, 0.2) is 0 Å². The Kier molecular flexibility index (Phi) is 3.39. The highest BCUT2D eigenvalue weighted by Crippen LogP contribution is 2.17. The van der Waals surface area contributed by atoms with E-state index in [1.165, 1.54) is 0 Å². The first-order valence-corrected chi connectivity index (χ1v) is 6.07. The maximum absolute atomic E-state index is 11.5. The van der Waals surface area contributed by atoms with Gasteiger partial charge in [0.15, 0.2) is 0 Å². The third kappa shape index (κ3) is 2.62. The Morgan fingerprint density at radius 2 is 2.29 bits per heavy atom. The fraction of sp³-hybridized carbons (Fsp3) is 0.500. The van der Waals surface area contributed by atoms with Crippen molar-refractivity contribution in [2.24, 2.45) is 5.92 Å². The zero-order valence-corrected chi connectivity index (χ0v) is 10.1. The van der Waals surface area contributed by atoms with Crippen LogP contribution in [0.25, 0.3) is 0 Å². The first-order valence-electron chi connectivity index (χ1n) is 5.26. The van der Waals surface area contributed by atoms with Crippen LogP contribution < -0.4 is 10.6 Å². The molecule has 1 aliphatic rings. The van der Waals surface area contributed by atoms with Gasteiger partial charge in [-0.3, -0.25) is 4.79 Å². The number of carboxylic acid groups (broad SMARTS) is 1. The van der Waals surface area contributed by atoms with Crippen molar-refractivity contribution in [2.75, 3.05) is 13.1 Å². The number of amides is 1. The summed E-state index contributed by atoms with van der Waals surface area (Å²) >= 11 is 1.11. The van der Waals surface area contributed by atoms with Crippen molar-refractivity contribution in [2.45, 2.75) is 13.5 Å². The SMILES string of the molecule is Cc1nc(CNC(=O)C2CNC2)sc1C(=O)O. The molecular weight excluding hydrogens is 242 g/mol. The summed E-state index contributed by atoms with van der Waals surface area (Å²) in [5.74, 6) is -0.941. The van der Waals surface area contributed by atoms with E-state index in [4.69, 9.17) is 5.11 Å². The van der Waals surface area contributed by atoms with E-state index in [1.54, 1.807) is 6.92 Å². The molecule has 6 nitrogen and oxygen atoms in total. The highest BCUT2D eigenvalue weighted by atomic mass is 32.1. The molecule has 2 rings (SSSR count). The van der Waals surface area contributed by atoms with Crippen LogP contribution in [0.4, 0.5) is 0 Å². The van der Waals surface area contributed by atoms with Crippen LogP contribution in [0.2, 0.25) is 0 Å². The van der Waals surface area contributed by atoms with E-state index in [0.29, 0.717) is 30.3 Å². The summed E-state index contributed by atoms with van der Waals surface area (Å²) in [5, 5.41) is 15.3. The van der Waals surface area contributed by atoms with Crippen LogP contribution in [-0.4, -0.2) is 35.1 Å². The van der Waals surface area contributed by atoms with E-state index in [0.717, 1.165) is 11.3 Å². The smallest absolute Gasteiger partial charge is 0.347 e. The summed E-state index contributed by atoms with van der Waals surface area (Å²) in [5.41, 5.74) is 0.497. The lowest BCUT2D eigenvalue weighted by molar-refractivity contribution is -0.126. The molecule has 0 aromatic carbocycles. The predicted octanol–water partition coefficient (Wildman–Crippen LogP) is -0.0147. The molecule has 0 aliphatic carbocycles. The molecule has 0 atom stereocenters. The van der Waals surface area contributed by atoms with Gasteiger partial charge in [-0.15, -0.1) is 11.3 Å². The van der Waals surface area contributed by atoms with Crippen molar-refractivity contribution in [3.05, 3.63) is 15.6 Å². The second-order valence-corrected chi connectivity index (χ2v) is 4.98. The van der Waals surface area contributed by atoms with Crippen LogP contribution in [0.5, 0.6) is 0 Å². The Balaban J connectivity index is 1.92. The van der Waals surface area contributed by atoms with Crippen LogP contribution >= 0.6 is 11.3 Å². The van der Waals surface area contributed by atoms with Gasteiger partial charge in [-0.25, -0.2) is 9.78 Å². The Morgan fingerprint density at radius 3 is 2.76 bits per heavy atom. The van der Waals surface area contributed by atoms with E-state index >= 15 is 0 Å². The van der Waals surface area contributed by atoms with Gasteiger partial charge in [0, 0.05) is 13.1 Å². The van der Waals surface area contributed by atoms with E-state index in [2.05, 4.69) is 15.6 Å². The monoisotopic (exact) mass is 255 g/mol. The summed E-state index contributed by atoms with van der Waals surface area (Å²) in [6.45, 7) is 3.38. The molecule has 2 heterocycles. The normalized spacial score (nSPS) is 15.4. The number of thiazole rings is 1. The molecule has 1 saturated heterocycles. The maximum atomic E-state index is 11.5. The van der Waals surface area contributed by atoms with Crippen molar-refractivity contribution in [3.63, 3.8) is 0 Å². The lowest BCUT2D eigenvalue weighted by Gasteiger charge is -2.25. The van der Waals surface area contributed by atoms with Gasteiger partial charge in [-0.2, -0.15) is 0 Å². The van der Waals surface area contributed by atoms with Crippen molar-refractivity contribution in [1.82, 2.24) is 15.6 Å². The number of carboxylic acids is 1. The summed E-state index contributed by atoms with van der Waals surface area (Å²) in [7, 11) is 0. The molecule has 1 fully saturated rings. The van der Waals surface area contributed by atoms with E-state index in [9.17, 15) is 9.59 Å². The lowest BCUT2D eigenvalue weighted by atomic mass is 10.0. The van der Waals surface area contributed by atoms with Gasteiger partial charge in [-0.05, 0) is 6.92 Å². The molecule has 0 bridgehead atoms. The van der Waals surface area contributed by atoms with E-state index < -0.39 is 5.97 Å². The molecule has 17 heavy (non-hydrogen) atoms. The Morgan fingerprint density at radius 1 is 1.59 bits per heavy atom. The molecule has 3 N–H and O–H groups in total. The second-order valence-electron chi connectivity index (χ2n) is 3.90. The number of aromatic nitrogens is 1. The fourth-order valence-corrected chi connectivity index (χ4v) is 2.35. The Hall–Kier alpha value is -1.47. The summed E-state index contributed by atoms with van der Waals surface area (Å²) in [6.07, 6.45) is 0. The van der Waals surface area contributed by atoms with Gasteiger partial charge >= 0.3 is 5.97 Å². The number of nitrogens with zero attached hydrogens (tertiary/aromatic N) is 1. The zero-order chi connectivity index (χ0) is 12.4. The summed E-state index contributed by atoms with van der Waals surface area (Å²) in [6, 6.07) is 0. The quantitative estimate of drug-likeness (QED) is 0.703. The highest BCUT2D eigenvalue weighted by Gasteiger charge is 2.24. The van der Waals surface area contributed by atoms with Gasteiger partial charge in [-0.1, -0.05) is 0 Å². The molecule has 1 aromatic rings. The van der Waals surface area contributed by atoms with Gasteiger partial charge in [0.05, 0.1) is 18.2 Å². The number of nitrogens with one attached hydrogen (secondary N) is 2. The van der Waals surface area contributed by atoms with Crippen molar-refractivity contribution in [1.29, 1.82) is 0 Å². The maximum Gasteiger partial charge on any atom is 0.347 e. The zero-order valence-electron chi connectivity index (χ0n) is 9.32. The van der Waals surface area contributed by atoms with Crippen LogP contribution in [0, 0.1) is 12.8 Å². The molecule has 0 radical (unpaired) electrons. The number of rotatable bonds is 4. The number of carbonyl (C=O) groups excluding carboxylic acids is 1. The fourth-order valence-electron chi connectivity index (χ4n) is 1.51. The van der Waals surface area contributed by atoms with Crippen molar-refractivity contribution >= 4 is 23.2 Å². The number of hydrogen-bond acceptors (Lipinski definition) is 5. The van der Waals surface area contributed by atoms with Gasteiger partial charge in [0.25, 0.3) is 0 Å². The predicted molar refractivity (Wildman–Crippen MR) is 62.0 cm³/mol. The third-order valence-corrected chi connectivity index (χ3v) is 3.75. The van der Waals surface area contributed by atoms with Crippen molar-refractivity contribution in [3.8, 4) is 0 Å². The van der Waals surface area contributed by atoms with Gasteiger partial charge in [0.1, 0.15) is 9.88 Å². The van der Waals surface area contributed by atoms with Crippen LogP contribution in [0.3, 0.4) is 0 Å². The second kappa shape index (κ2) is 4.80. The molecule has 7 heteroatoms. The standard InChI is InChI=1S/C10H13N3O3S/c1-5-8(10(15)16)17-7(13-5)4-12-9(14)6-2-11-3-6/h6,11H,2-4H2,1H3,(H,12,14)(H,15,16). The highest BCUT2D eigenvalue weighted by molar-refractivity contribution is 7.13. The minimum Gasteiger partial charge on any atom is -0.477 e. The average Bonchev–Trinajstić information content (AvgIpc) is 2.54. The molecule has 0 unspecified atom stereocenters. The number of aromatic carboxylic acids is 1. The van der Waals surface area contributed by atoms with E-state index in [-0.39, 0.29) is 16.7 Å². The largest absolute Gasteiger partial charge is 0.477 e. The molecule has 1 aliphatic heterocycles. The Bertz CT molecular complexity index is 454. The third-order valence-electron chi connectivity index (χ3n) is 2.60. The first kappa shape index (κ1) is 12.0. The summed E-state index contributed by atoms with van der Waals surface area (Å²) in [4.78, 5) is 26.7. The number of hydrogen-bond donors (Lipinski definition) is 3. The van der Waals surface area contributed by atoms with Crippen LogP contribution in [-0.2, 0) is 11.3 Å². The van der Waals surface area contributed by atoms with Crippen LogP contribution in [0.1, 0.15) is 20.4 Å². The lowest BCUT2D eigenvalue weighted by Crippen LogP contribution is -2.50. The molecule has 92 valence electrons. The van der Waals surface area contributed by atoms with Crippen molar-refractivity contribution < 1.29 is 14.7 Å². The molecule has 0 saturated carbocycles. The molecule has 1 amide bonds. The average molecular weight is 255 g/mol. The van der Waals surface area contributed by atoms with Gasteiger partial charge < -0.3 is 15.7 Å². The minimum atomic E-state index is -0.972. The van der Waals surface area contributed by atoms with Gasteiger partial charge in [0.2, 0.25) is 5.91 Å². The topological polar surface area (TPSA) is 91.3 Å².